The van der Waals surface area contributed by atoms with E-state index in [4.69, 9.17) is 10.5 Å². The van der Waals surface area contributed by atoms with Crippen LogP contribution in [-0.4, -0.2) is 22.1 Å². The van der Waals surface area contributed by atoms with Crippen LogP contribution < -0.4 is 15.2 Å². The summed E-state index contributed by atoms with van der Waals surface area (Å²) in [5, 5.41) is 1.61. The first-order chi connectivity index (χ1) is 9.51. The van der Waals surface area contributed by atoms with Crippen molar-refractivity contribution in [3.05, 3.63) is 41.3 Å². The van der Waals surface area contributed by atoms with Crippen LogP contribution in [0.25, 0.3) is 0 Å². The molecule has 1 aromatic heterocycles. The molecule has 0 amide bonds. The smallest absolute Gasteiger partial charge is 0.250 e. The zero-order chi connectivity index (χ0) is 14.6. The number of nitrogens with two attached hydrogens (primary N) is 1. The Labute approximate surface area is 122 Å². The molecule has 0 bridgehead atoms. The monoisotopic (exact) mass is 312 g/mol. The molecule has 3 N–H and O–H groups in total. The highest BCUT2D eigenvalue weighted by atomic mass is 32.2. The third-order valence-corrected chi connectivity index (χ3v) is 5.64. The van der Waals surface area contributed by atoms with Gasteiger partial charge in [0.15, 0.2) is 0 Å². The van der Waals surface area contributed by atoms with Crippen molar-refractivity contribution < 1.29 is 13.2 Å². The molecule has 0 radical (unpaired) electrons. The van der Waals surface area contributed by atoms with Gasteiger partial charge in [-0.1, -0.05) is 12.1 Å². The fourth-order valence-electron chi connectivity index (χ4n) is 1.66. The Morgan fingerprint density at radius 1 is 1.30 bits per heavy atom. The number of ether oxygens (including phenoxy) is 1. The predicted molar refractivity (Wildman–Crippen MR) is 80.6 cm³/mol. The van der Waals surface area contributed by atoms with Gasteiger partial charge in [0.25, 0.3) is 0 Å². The molecule has 0 aliphatic rings. The summed E-state index contributed by atoms with van der Waals surface area (Å²) in [4.78, 5) is 0. The van der Waals surface area contributed by atoms with Crippen LogP contribution in [0.5, 0.6) is 5.75 Å². The van der Waals surface area contributed by atoms with Gasteiger partial charge in [-0.2, -0.15) is 0 Å². The molecule has 2 rings (SSSR count). The summed E-state index contributed by atoms with van der Waals surface area (Å²) in [6, 6.07) is 8.99. The zero-order valence-corrected chi connectivity index (χ0v) is 12.6. The summed E-state index contributed by atoms with van der Waals surface area (Å²) >= 11 is 1.12. The van der Waals surface area contributed by atoms with Crippen LogP contribution in [0.3, 0.4) is 0 Å². The second kappa shape index (κ2) is 6.25. The van der Waals surface area contributed by atoms with Crippen molar-refractivity contribution in [2.45, 2.75) is 10.6 Å². The fraction of sp³-hybridized carbons (Fsp3) is 0.231. The molecule has 7 heteroatoms. The number of thiophene rings is 1. The maximum atomic E-state index is 12.0. The van der Waals surface area contributed by atoms with Gasteiger partial charge in [0.05, 0.1) is 7.11 Å². The topological polar surface area (TPSA) is 81.4 Å². The van der Waals surface area contributed by atoms with Crippen molar-refractivity contribution in [2.75, 3.05) is 19.4 Å². The van der Waals surface area contributed by atoms with Crippen LogP contribution in [-0.2, 0) is 16.4 Å². The van der Waals surface area contributed by atoms with Gasteiger partial charge in [-0.3, -0.25) is 0 Å². The number of hydrogen-bond acceptors (Lipinski definition) is 5. The molecular weight excluding hydrogens is 296 g/mol. The van der Waals surface area contributed by atoms with Crippen LogP contribution in [0.4, 0.5) is 5.69 Å². The SMILES string of the molecule is COc1ccc(CCNS(=O)(=O)c2cc(N)cs2)cc1. The van der Waals surface area contributed by atoms with Crippen molar-refractivity contribution in [1.82, 2.24) is 4.72 Å². The lowest BCUT2D eigenvalue weighted by Crippen LogP contribution is -2.25. The number of anilines is 1. The summed E-state index contributed by atoms with van der Waals surface area (Å²) in [5.74, 6) is 0.781. The van der Waals surface area contributed by atoms with E-state index in [1.165, 1.54) is 6.07 Å². The molecule has 0 saturated carbocycles. The molecule has 0 aliphatic carbocycles. The molecule has 0 saturated heterocycles. The zero-order valence-electron chi connectivity index (χ0n) is 11.0. The lowest BCUT2D eigenvalue weighted by molar-refractivity contribution is 0.414. The molecule has 0 fully saturated rings. The third-order valence-electron chi connectivity index (χ3n) is 2.73. The number of nitrogens with one attached hydrogen (secondary N) is 1. The number of sulfonamides is 1. The van der Waals surface area contributed by atoms with E-state index in [-0.39, 0.29) is 4.21 Å². The molecule has 1 aromatic carbocycles. The highest BCUT2D eigenvalue weighted by molar-refractivity contribution is 7.91. The molecule has 2 aromatic rings. The van der Waals surface area contributed by atoms with Crippen molar-refractivity contribution in [3.63, 3.8) is 0 Å². The van der Waals surface area contributed by atoms with Crippen LogP contribution in [0.15, 0.2) is 39.9 Å². The summed E-state index contributed by atoms with van der Waals surface area (Å²) in [6.07, 6.45) is 0.615. The largest absolute Gasteiger partial charge is 0.497 e. The Hall–Kier alpha value is -1.57. The van der Waals surface area contributed by atoms with E-state index in [9.17, 15) is 8.42 Å². The molecule has 0 unspecified atom stereocenters. The van der Waals surface area contributed by atoms with Crippen molar-refractivity contribution >= 4 is 27.0 Å². The maximum absolute atomic E-state index is 12.0. The minimum atomic E-state index is -3.46. The Kier molecular flexibility index (Phi) is 4.64. The number of methoxy groups -OCH3 is 1. The Morgan fingerprint density at radius 3 is 2.55 bits per heavy atom. The highest BCUT2D eigenvalue weighted by Crippen LogP contribution is 2.21. The van der Waals surface area contributed by atoms with Crippen molar-refractivity contribution in [3.8, 4) is 5.75 Å². The quantitative estimate of drug-likeness (QED) is 0.853. The van der Waals surface area contributed by atoms with Gasteiger partial charge in [0.1, 0.15) is 9.96 Å². The summed E-state index contributed by atoms with van der Waals surface area (Å²) in [6.45, 7) is 0.340. The van der Waals surface area contributed by atoms with Crippen LogP contribution >= 0.6 is 11.3 Å². The third kappa shape index (κ3) is 3.72. The van der Waals surface area contributed by atoms with Gasteiger partial charge >= 0.3 is 0 Å². The number of nitrogen functional groups attached to an aromatic ring is 1. The number of rotatable bonds is 6. The van der Waals surface area contributed by atoms with Crippen molar-refractivity contribution in [2.24, 2.45) is 0 Å². The average molecular weight is 312 g/mol. The van der Waals surface area contributed by atoms with E-state index in [0.717, 1.165) is 22.6 Å². The molecule has 5 nitrogen and oxygen atoms in total. The van der Waals surface area contributed by atoms with Gasteiger partial charge in [-0.25, -0.2) is 13.1 Å². The predicted octanol–water partition coefficient (Wildman–Crippen LogP) is 1.86. The molecular formula is C13H16N2O3S2. The first-order valence-corrected chi connectivity index (χ1v) is 8.34. The lowest BCUT2D eigenvalue weighted by atomic mass is 10.1. The highest BCUT2D eigenvalue weighted by Gasteiger charge is 2.15. The molecule has 0 aliphatic heterocycles. The lowest BCUT2D eigenvalue weighted by Gasteiger charge is -2.05. The summed E-state index contributed by atoms with van der Waals surface area (Å²) in [5.41, 5.74) is 7.03. The first-order valence-electron chi connectivity index (χ1n) is 5.98. The van der Waals surface area contributed by atoms with E-state index in [1.54, 1.807) is 12.5 Å². The van der Waals surface area contributed by atoms with Gasteiger partial charge in [-0.15, -0.1) is 11.3 Å². The summed E-state index contributed by atoms with van der Waals surface area (Å²) < 4.78 is 31.8. The maximum Gasteiger partial charge on any atom is 0.250 e. The van der Waals surface area contributed by atoms with E-state index >= 15 is 0 Å². The van der Waals surface area contributed by atoms with E-state index in [1.807, 2.05) is 24.3 Å². The Bertz CT molecular complexity index is 663. The van der Waals surface area contributed by atoms with Gasteiger partial charge in [-0.05, 0) is 30.2 Å². The van der Waals surface area contributed by atoms with Crippen LogP contribution in [0.2, 0.25) is 0 Å². The van der Waals surface area contributed by atoms with Gasteiger partial charge in [0.2, 0.25) is 10.0 Å². The first kappa shape index (κ1) is 14.8. The second-order valence-corrected chi connectivity index (χ2v) is 7.10. The van der Waals surface area contributed by atoms with Gasteiger partial charge < -0.3 is 10.5 Å². The number of hydrogen-bond donors (Lipinski definition) is 2. The standard InChI is InChI=1S/C13H16N2O3S2/c1-18-12-4-2-10(3-5-12)6-7-15-20(16,17)13-8-11(14)9-19-13/h2-5,8-9,15H,6-7,14H2,1H3. The van der Waals surface area contributed by atoms with Crippen LogP contribution in [0, 0.1) is 0 Å². The van der Waals surface area contributed by atoms with Gasteiger partial charge in [0, 0.05) is 17.6 Å². The Morgan fingerprint density at radius 2 is 2.00 bits per heavy atom. The normalized spacial score (nSPS) is 11.4. The van der Waals surface area contributed by atoms with Crippen molar-refractivity contribution in [1.29, 1.82) is 0 Å². The molecule has 20 heavy (non-hydrogen) atoms. The number of benzene rings is 1. The summed E-state index contributed by atoms with van der Waals surface area (Å²) in [7, 11) is -1.85. The van der Waals surface area contributed by atoms with E-state index < -0.39 is 10.0 Å². The van der Waals surface area contributed by atoms with E-state index in [0.29, 0.717) is 18.7 Å². The minimum Gasteiger partial charge on any atom is -0.497 e. The minimum absolute atomic E-state index is 0.240. The molecule has 1 heterocycles. The second-order valence-electron chi connectivity index (χ2n) is 4.19. The fourth-order valence-corrected chi connectivity index (χ4v) is 3.82. The molecule has 0 spiro atoms. The van der Waals surface area contributed by atoms with Crippen LogP contribution in [0.1, 0.15) is 5.56 Å². The average Bonchev–Trinajstić information content (AvgIpc) is 2.87. The Balaban J connectivity index is 1.91. The van der Waals surface area contributed by atoms with E-state index in [2.05, 4.69) is 4.72 Å². The molecule has 108 valence electrons. The molecule has 0 atom stereocenters.